The standard InChI is InChI=1S/C13H17N3O2S/c1-13(11(17)18)4-2-3-5-16(13)9-10-8-15-6-7-19-12(15)14-10/h6-8H,2-5,9H2,1H3,(H,17,18). The summed E-state index contributed by atoms with van der Waals surface area (Å²) in [5.41, 5.74) is 0.191. The van der Waals surface area contributed by atoms with Gasteiger partial charge in [0.2, 0.25) is 0 Å². The molecule has 0 amide bonds. The Morgan fingerprint density at radius 1 is 1.58 bits per heavy atom. The first kappa shape index (κ1) is 12.6. The second-order valence-electron chi connectivity index (χ2n) is 5.28. The van der Waals surface area contributed by atoms with Gasteiger partial charge in [0, 0.05) is 24.3 Å². The van der Waals surface area contributed by atoms with E-state index in [1.807, 2.05) is 34.0 Å². The minimum Gasteiger partial charge on any atom is -0.480 e. The van der Waals surface area contributed by atoms with Crippen molar-refractivity contribution in [3.63, 3.8) is 0 Å². The average Bonchev–Trinajstić information content (AvgIpc) is 2.92. The molecule has 0 bridgehead atoms. The highest BCUT2D eigenvalue weighted by molar-refractivity contribution is 7.15. The quantitative estimate of drug-likeness (QED) is 0.936. The minimum atomic E-state index is -0.755. The van der Waals surface area contributed by atoms with Gasteiger partial charge in [-0.2, -0.15) is 0 Å². The molecule has 3 rings (SSSR count). The van der Waals surface area contributed by atoms with Gasteiger partial charge in [-0.1, -0.05) is 0 Å². The molecule has 1 aliphatic rings. The summed E-state index contributed by atoms with van der Waals surface area (Å²) in [7, 11) is 0. The monoisotopic (exact) mass is 279 g/mol. The Bertz CT molecular complexity index is 577. The molecule has 5 nitrogen and oxygen atoms in total. The van der Waals surface area contributed by atoms with Gasteiger partial charge in [0.15, 0.2) is 4.96 Å². The number of rotatable bonds is 3. The normalized spacial score (nSPS) is 24.9. The second-order valence-corrected chi connectivity index (χ2v) is 6.16. The molecule has 0 radical (unpaired) electrons. The van der Waals surface area contributed by atoms with Crippen molar-refractivity contribution in [2.45, 2.75) is 38.3 Å². The van der Waals surface area contributed by atoms with Crippen molar-refractivity contribution in [2.24, 2.45) is 0 Å². The number of aromatic nitrogens is 2. The average molecular weight is 279 g/mol. The Morgan fingerprint density at radius 3 is 3.16 bits per heavy atom. The van der Waals surface area contributed by atoms with E-state index < -0.39 is 11.5 Å². The number of carbonyl (C=O) groups is 1. The molecule has 6 heteroatoms. The first-order chi connectivity index (χ1) is 9.09. The van der Waals surface area contributed by atoms with E-state index in [2.05, 4.69) is 4.98 Å². The van der Waals surface area contributed by atoms with Crippen LogP contribution in [-0.4, -0.2) is 37.4 Å². The van der Waals surface area contributed by atoms with E-state index in [1.165, 1.54) is 0 Å². The number of hydrogen-bond acceptors (Lipinski definition) is 4. The van der Waals surface area contributed by atoms with Crippen molar-refractivity contribution in [3.8, 4) is 0 Å². The first-order valence-corrected chi connectivity index (χ1v) is 7.37. The molecule has 3 heterocycles. The van der Waals surface area contributed by atoms with Crippen LogP contribution in [0.4, 0.5) is 0 Å². The molecule has 1 saturated heterocycles. The summed E-state index contributed by atoms with van der Waals surface area (Å²) in [6.45, 7) is 3.26. The van der Waals surface area contributed by atoms with Crippen LogP contribution < -0.4 is 0 Å². The predicted octanol–water partition coefficient (Wildman–Crippen LogP) is 2.23. The van der Waals surface area contributed by atoms with Gasteiger partial charge in [0.05, 0.1) is 5.69 Å². The van der Waals surface area contributed by atoms with Crippen molar-refractivity contribution in [1.29, 1.82) is 0 Å². The first-order valence-electron chi connectivity index (χ1n) is 6.49. The van der Waals surface area contributed by atoms with E-state index in [-0.39, 0.29) is 0 Å². The Morgan fingerprint density at radius 2 is 2.42 bits per heavy atom. The van der Waals surface area contributed by atoms with Gasteiger partial charge < -0.3 is 5.11 Å². The van der Waals surface area contributed by atoms with E-state index in [1.54, 1.807) is 11.3 Å². The Hall–Kier alpha value is -1.40. The lowest BCUT2D eigenvalue weighted by Crippen LogP contribution is -2.54. The van der Waals surface area contributed by atoms with Gasteiger partial charge in [-0.25, -0.2) is 4.98 Å². The van der Waals surface area contributed by atoms with Crippen LogP contribution in [0.3, 0.4) is 0 Å². The van der Waals surface area contributed by atoms with Gasteiger partial charge in [0.1, 0.15) is 5.54 Å². The van der Waals surface area contributed by atoms with Crippen LogP contribution in [0, 0.1) is 0 Å². The summed E-state index contributed by atoms with van der Waals surface area (Å²) in [6.07, 6.45) is 6.72. The number of likely N-dealkylation sites (tertiary alicyclic amines) is 1. The largest absolute Gasteiger partial charge is 0.480 e. The Labute approximate surface area is 115 Å². The third-order valence-corrected chi connectivity index (χ3v) is 4.77. The molecule has 2 aromatic heterocycles. The molecule has 1 fully saturated rings. The zero-order valence-electron chi connectivity index (χ0n) is 10.9. The van der Waals surface area contributed by atoms with Crippen molar-refractivity contribution >= 4 is 22.3 Å². The molecule has 0 saturated carbocycles. The number of fused-ring (bicyclic) bond motifs is 1. The lowest BCUT2D eigenvalue weighted by atomic mass is 9.88. The van der Waals surface area contributed by atoms with Gasteiger partial charge in [-0.3, -0.25) is 14.1 Å². The molecule has 2 aromatic rings. The third-order valence-electron chi connectivity index (χ3n) is 4.00. The van der Waals surface area contributed by atoms with E-state index in [9.17, 15) is 9.90 Å². The van der Waals surface area contributed by atoms with Crippen LogP contribution in [0.1, 0.15) is 31.9 Å². The molecular weight excluding hydrogens is 262 g/mol. The minimum absolute atomic E-state index is 0.608. The second kappa shape index (κ2) is 4.61. The number of carboxylic acid groups (broad SMARTS) is 1. The number of piperidine rings is 1. The van der Waals surface area contributed by atoms with Crippen LogP contribution in [-0.2, 0) is 11.3 Å². The number of hydrogen-bond donors (Lipinski definition) is 1. The fraction of sp³-hybridized carbons (Fsp3) is 0.538. The summed E-state index contributed by atoms with van der Waals surface area (Å²) < 4.78 is 1.99. The van der Waals surface area contributed by atoms with Crippen LogP contribution in [0.5, 0.6) is 0 Å². The van der Waals surface area contributed by atoms with Crippen LogP contribution in [0.2, 0.25) is 0 Å². The maximum Gasteiger partial charge on any atom is 0.323 e. The number of imidazole rings is 1. The molecule has 0 aromatic carbocycles. The summed E-state index contributed by atoms with van der Waals surface area (Å²) in [5, 5.41) is 11.5. The van der Waals surface area contributed by atoms with Gasteiger partial charge in [-0.15, -0.1) is 11.3 Å². The third kappa shape index (κ3) is 2.15. The molecule has 1 unspecified atom stereocenters. The van der Waals surface area contributed by atoms with E-state index in [0.29, 0.717) is 13.0 Å². The SMILES string of the molecule is CC1(C(=O)O)CCCCN1Cc1cn2ccsc2n1. The highest BCUT2D eigenvalue weighted by Crippen LogP contribution is 2.29. The summed E-state index contributed by atoms with van der Waals surface area (Å²) >= 11 is 1.59. The Kier molecular flexibility index (Phi) is 3.06. The predicted molar refractivity (Wildman–Crippen MR) is 73.4 cm³/mol. The molecular formula is C13H17N3O2S. The number of thiazole rings is 1. The van der Waals surface area contributed by atoms with E-state index in [0.717, 1.165) is 30.0 Å². The molecule has 19 heavy (non-hydrogen) atoms. The van der Waals surface area contributed by atoms with Gasteiger partial charge in [-0.05, 0) is 32.7 Å². The van der Waals surface area contributed by atoms with Crippen LogP contribution in [0.25, 0.3) is 4.96 Å². The zero-order valence-corrected chi connectivity index (χ0v) is 11.7. The lowest BCUT2D eigenvalue weighted by Gasteiger charge is -2.41. The maximum atomic E-state index is 11.5. The molecule has 102 valence electrons. The Balaban J connectivity index is 1.84. The molecule has 1 N–H and O–H groups in total. The fourth-order valence-corrected chi connectivity index (χ4v) is 3.44. The molecule has 0 aliphatic carbocycles. The number of carboxylic acids is 1. The van der Waals surface area contributed by atoms with Crippen LogP contribution >= 0.6 is 11.3 Å². The highest BCUT2D eigenvalue weighted by Gasteiger charge is 2.41. The van der Waals surface area contributed by atoms with E-state index in [4.69, 9.17) is 0 Å². The fourth-order valence-electron chi connectivity index (χ4n) is 2.72. The van der Waals surface area contributed by atoms with Crippen molar-refractivity contribution < 1.29 is 9.90 Å². The van der Waals surface area contributed by atoms with Gasteiger partial charge >= 0.3 is 5.97 Å². The lowest BCUT2D eigenvalue weighted by molar-refractivity contribution is -0.153. The summed E-state index contributed by atoms with van der Waals surface area (Å²) in [6, 6.07) is 0. The van der Waals surface area contributed by atoms with Gasteiger partial charge in [0.25, 0.3) is 0 Å². The summed E-state index contributed by atoms with van der Waals surface area (Å²) in [5.74, 6) is -0.728. The summed E-state index contributed by atoms with van der Waals surface area (Å²) in [4.78, 5) is 19.1. The van der Waals surface area contributed by atoms with Crippen LogP contribution in [0.15, 0.2) is 17.8 Å². The van der Waals surface area contributed by atoms with Crippen molar-refractivity contribution in [3.05, 3.63) is 23.5 Å². The molecule has 1 aliphatic heterocycles. The molecule has 1 atom stereocenters. The highest BCUT2D eigenvalue weighted by atomic mass is 32.1. The van der Waals surface area contributed by atoms with Crippen molar-refractivity contribution in [1.82, 2.24) is 14.3 Å². The zero-order chi connectivity index (χ0) is 13.5. The number of nitrogens with zero attached hydrogens (tertiary/aromatic N) is 3. The number of aliphatic carboxylic acids is 1. The van der Waals surface area contributed by atoms with E-state index >= 15 is 0 Å². The van der Waals surface area contributed by atoms with Crippen molar-refractivity contribution in [2.75, 3.05) is 6.54 Å². The maximum absolute atomic E-state index is 11.5. The molecule has 0 spiro atoms. The topological polar surface area (TPSA) is 57.8 Å². The smallest absolute Gasteiger partial charge is 0.323 e.